The van der Waals surface area contributed by atoms with Gasteiger partial charge >= 0.3 is 6.36 Å². The fraction of sp³-hybridized carbons (Fsp3) is 0.167. The molecule has 0 aliphatic carbocycles. The van der Waals surface area contributed by atoms with Crippen molar-refractivity contribution in [1.29, 1.82) is 0 Å². The lowest BCUT2D eigenvalue weighted by atomic mass is 10.1. The third-order valence-electron chi connectivity index (χ3n) is 2.36. The number of hydrogen-bond donors (Lipinski definition) is 0. The summed E-state index contributed by atoms with van der Waals surface area (Å²) < 4.78 is 65.8. The number of rotatable bonds is 2. The molecule has 0 atom stereocenters. The van der Waals surface area contributed by atoms with Gasteiger partial charge in [-0.2, -0.15) is 0 Å². The molecule has 0 amide bonds. The second kappa shape index (κ2) is 4.44. The molecule has 0 fully saturated rings. The molecule has 0 aliphatic heterocycles. The topological polar surface area (TPSA) is 9.23 Å². The molecular formula is C12H7F5O. The van der Waals surface area contributed by atoms with E-state index in [4.69, 9.17) is 0 Å². The molecule has 1 nitrogen and oxygen atoms in total. The summed E-state index contributed by atoms with van der Waals surface area (Å²) in [6.45, 7) is 0. The second-order valence-corrected chi connectivity index (χ2v) is 3.55. The molecule has 0 aliphatic rings. The van der Waals surface area contributed by atoms with Crippen LogP contribution in [0.3, 0.4) is 0 Å². The van der Waals surface area contributed by atoms with E-state index in [1.165, 1.54) is 24.3 Å². The van der Waals surface area contributed by atoms with Crippen molar-refractivity contribution < 1.29 is 26.7 Å². The van der Waals surface area contributed by atoms with E-state index in [1.807, 2.05) is 0 Å². The first-order valence-corrected chi connectivity index (χ1v) is 4.94. The van der Waals surface area contributed by atoms with Crippen LogP contribution in [0.5, 0.6) is 5.75 Å². The number of halogens is 5. The van der Waals surface area contributed by atoms with Crippen LogP contribution < -0.4 is 4.74 Å². The molecule has 0 saturated carbocycles. The second-order valence-electron chi connectivity index (χ2n) is 3.55. The molecule has 2 aromatic carbocycles. The van der Waals surface area contributed by atoms with Crippen molar-refractivity contribution in [3.8, 4) is 5.75 Å². The summed E-state index contributed by atoms with van der Waals surface area (Å²) in [6.07, 6.45) is -8.04. The number of ether oxygens (including phenoxy) is 1. The summed E-state index contributed by atoms with van der Waals surface area (Å²) in [5, 5.41) is 0.411. The fourth-order valence-corrected chi connectivity index (χ4v) is 1.66. The lowest BCUT2D eigenvalue weighted by Gasteiger charge is -2.15. The molecule has 96 valence electrons. The molecule has 0 saturated heterocycles. The Bertz CT molecular complexity index is 562. The minimum atomic E-state index is -5.01. The Labute approximate surface area is 98.8 Å². The van der Waals surface area contributed by atoms with Gasteiger partial charge in [-0.25, -0.2) is 8.78 Å². The Balaban J connectivity index is 2.66. The van der Waals surface area contributed by atoms with Crippen LogP contribution in [-0.2, 0) is 0 Å². The van der Waals surface area contributed by atoms with Crippen molar-refractivity contribution >= 4 is 10.8 Å². The average Bonchev–Trinajstić information content (AvgIpc) is 2.27. The zero-order valence-electron chi connectivity index (χ0n) is 8.84. The van der Waals surface area contributed by atoms with Gasteiger partial charge in [-0.3, -0.25) is 0 Å². The number of fused-ring (bicyclic) bond motifs is 1. The van der Waals surface area contributed by atoms with Gasteiger partial charge in [-0.05, 0) is 11.5 Å². The Morgan fingerprint density at radius 1 is 0.944 bits per heavy atom. The van der Waals surface area contributed by atoms with Crippen LogP contribution in [0, 0.1) is 0 Å². The zero-order chi connectivity index (χ0) is 13.3. The summed E-state index contributed by atoms with van der Waals surface area (Å²) in [4.78, 5) is 0. The van der Waals surface area contributed by atoms with Gasteiger partial charge in [-0.1, -0.05) is 30.3 Å². The van der Waals surface area contributed by atoms with E-state index in [0.29, 0.717) is 5.39 Å². The van der Waals surface area contributed by atoms with E-state index >= 15 is 0 Å². The first-order valence-electron chi connectivity index (χ1n) is 4.94. The largest absolute Gasteiger partial charge is 0.573 e. The minimum absolute atomic E-state index is 0.00706. The van der Waals surface area contributed by atoms with Gasteiger partial charge in [0.1, 0.15) is 5.75 Å². The van der Waals surface area contributed by atoms with Gasteiger partial charge in [0.25, 0.3) is 6.43 Å². The predicted molar refractivity (Wildman–Crippen MR) is 55.6 cm³/mol. The first-order chi connectivity index (χ1) is 8.38. The molecule has 0 unspecified atom stereocenters. The van der Waals surface area contributed by atoms with E-state index in [2.05, 4.69) is 4.74 Å². The highest BCUT2D eigenvalue weighted by Gasteiger charge is 2.34. The Morgan fingerprint density at radius 3 is 2.22 bits per heavy atom. The van der Waals surface area contributed by atoms with Crippen molar-refractivity contribution in [2.75, 3.05) is 0 Å². The lowest BCUT2D eigenvalue weighted by molar-refractivity contribution is -0.274. The molecule has 0 aromatic heterocycles. The molecule has 2 aromatic rings. The Morgan fingerprint density at radius 2 is 1.61 bits per heavy atom. The van der Waals surface area contributed by atoms with Gasteiger partial charge in [0.05, 0.1) is 5.56 Å². The van der Waals surface area contributed by atoms with Crippen LogP contribution in [-0.4, -0.2) is 6.36 Å². The lowest BCUT2D eigenvalue weighted by Crippen LogP contribution is -2.18. The first kappa shape index (κ1) is 12.6. The Hall–Kier alpha value is -1.85. The molecule has 0 spiro atoms. The highest BCUT2D eigenvalue weighted by atomic mass is 19.4. The molecule has 0 bridgehead atoms. The number of benzene rings is 2. The summed E-state index contributed by atoms with van der Waals surface area (Å²) >= 11 is 0. The summed E-state index contributed by atoms with van der Waals surface area (Å²) in [5.74, 6) is -0.837. The zero-order valence-corrected chi connectivity index (χ0v) is 8.84. The van der Waals surface area contributed by atoms with Gasteiger partial charge < -0.3 is 4.74 Å². The SMILES string of the molecule is FC(F)c1ccc2ccccc2c1OC(F)(F)F. The molecule has 2 rings (SSSR count). The standard InChI is InChI=1S/C12H7F5O/c13-11(14)9-6-5-7-3-1-2-4-8(7)10(9)18-12(15,16)17/h1-6,11H. The van der Waals surface area contributed by atoms with Crippen LogP contribution in [0.1, 0.15) is 12.0 Å². The van der Waals surface area contributed by atoms with Gasteiger partial charge in [0.2, 0.25) is 0 Å². The third kappa shape index (κ3) is 2.52. The summed E-state index contributed by atoms with van der Waals surface area (Å²) in [6, 6.07) is 8.16. The van der Waals surface area contributed by atoms with E-state index in [0.717, 1.165) is 6.07 Å². The molecule has 0 N–H and O–H groups in total. The smallest absolute Gasteiger partial charge is 0.405 e. The van der Waals surface area contributed by atoms with Gasteiger partial charge in [-0.15, -0.1) is 13.2 Å². The van der Waals surface area contributed by atoms with Crippen LogP contribution >= 0.6 is 0 Å². The van der Waals surface area contributed by atoms with Crippen LogP contribution in [0.25, 0.3) is 10.8 Å². The van der Waals surface area contributed by atoms with Crippen molar-refractivity contribution in [2.45, 2.75) is 12.8 Å². The predicted octanol–water partition coefficient (Wildman–Crippen LogP) is 4.68. The van der Waals surface area contributed by atoms with Crippen LogP contribution in [0.15, 0.2) is 36.4 Å². The van der Waals surface area contributed by atoms with Crippen molar-refractivity contribution in [3.63, 3.8) is 0 Å². The molecule has 6 heteroatoms. The third-order valence-corrected chi connectivity index (χ3v) is 2.36. The maximum Gasteiger partial charge on any atom is 0.573 e. The molecule has 18 heavy (non-hydrogen) atoms. The van der Waals surface area contributed by atoms with Crippen molar-refractivity contribution in [2.24, 2.45) is 0 Å². The maximum absolute atomic E-state index is 12.7. The number of alkyl halides is 5. The van der Waals surface area contributed by atoms with E-state index < -0.39 is 24.1 Å². The fourth-order valence-electron chi connectivity index (χ4n) is 1.66. The highest BCUT2D eigenvalue weighted by Crippen LogP contribution is 2.38. The van der Waals surface area contributed by atoms with E-state index in [-0.39, 0.29) is 5.39 Å². The van der Waals surface area contributed by atoms with Crippen LogP contribution in [0.2, 0.25) is 0 Å². The van der Waals surface area contributed by atoms with Gasteiger partial charge in [0.15, 0.2) is 0 Å². The molecular weight excluding hydrogens is 255 g/mol. The normalized spacial score (nSPS) is 12.1. The molecule has 0 radical (unpaired) electrons. The maximum atomic E-state index is 12.7. The number of hydrogen-bond acceptors (Lipinski definition) is 1. The quantitative estimate of drug-likeness (QED) is 0.714. The van der Waals surface area contributed by atoms with E-state index in [1.54, 1.807) is 6.07 Å². The van der Waals surface area contributed by atoms with Crippen molar-refractivity contribution in [3.05, 3.63) is 42.0 Å². The van der Waals surface area contributed by atoms with Crippen LogP contribution in [0.4, 0.5) is 22.0 Å². The van der Waals surface area contributed by atoms with Gasteiger partial charge in [0, 0.05) is 5.39 Å². The highest BCUT2D eigenvalue weighted by molar-refractivity contribution is 5.89. The summed E-state index contributed by atoms with van der Waals surface area (Å²) in [5.41, 5.74) is -0.772. The summed E-state index contributed by atoms with van der Waals surface area (Å²) in [7, 11) is 0. The average molecular weight is 262 g/mol. The monoisotopic (exact) mass is 262 g/mol. The minimum Gasteiger partial charge on any atom is -0.405 e. The Kier molecular flexibility index (Phi) is 3.11. The van der Waals surface area contributed by atoms with E-state index in [9.17, 15) is 22.0 Å². The van der Waals surface area contributed by atoms with Crippen molar-refractivity contribution in [1.82, 2.24) is 0 Å². The molecule has 0 heterocycles.